The number of para-hydroxylation sites is 1. The molecule has 2 nitrogen and oxygen atoms in total. The standard InChI is InChI=1S/C14H18O2/c1-2-3-9-13(15)12-8-4-6-11-7-5-10-16-14(11)12/h4,6,8H,2-3,5,7,9-10H2,1H3. The molecule has 1 aliphatic heterocycles. The average molecular weight is 218 g/mol. The van der Waals surface area contributed by atoms with E-state index in [4.69, 9.17) is 4.74 Å². The molecule has 0 atom stereocenters. The normalized spacial score (nSPS) is 14.1. The number of rotatable bonds is 4. The largest absolute Gasteiger partial charge is 0.493 e. The van der Waals surface area contributed by atoms with Gasteiger partial charge in [-0.05, 0) is 30.9 Å². The topological polar surface area (TPSA) is 26.3 Å². The molecule has 0 aliphatic carbocycles. The maximum atomic E-state index is 12.0. The molecule has 0 unspecified atom stereocenters. The monoisotopic (exact) mass is 218 g/mol. The Balaban J connectivity index is 2.23. The van der Waals surface area contributed by atoms with Crippen LogP contribution in [0.4, 0.5) is 0 Å². The number of hydrogen-bond acceptors (Lipinski definition) is 2. The van der Waals surface area contributed by atoms with E-state index in [-0.39, 0.29) is 5.78 Å². The molecule has 0 radical (unpaired) electrons. The van der Waals surface area contributed by atoms with E-state index in [1.165, 1.54) is 5.56 Å². The fraction of sp³-hybridized carbons (Fsp3) is 0.500. The molecule has 2 heteroatoms. The Morgan fingerprint density at radius 2 is 2.31 bits per heavy atom. The van der Waals surface area contributed by atoms with Gasteiger partial charge in [0.15, 0.2) is 5.78 Å². The molecule has 0 bridgehead atoms. The number of benzene rings is 1. The van der Waals surface area contributed by atoms with E-state index in [0.717, 1.165) is 43.6 Å². The van der Waals surface area contributed by atoms with Gasteiger partial charge in [-0.2, -0.15) is 0 Å². The van der Waals surface area contributed by atoms with Crippen molar-refractivity contribution in [2.45, 2.75) is 39.0 Å². The Bertz CT molecular complexity index is 382. The van der Waals surface area contributed by atoms with Crippen molar-refractivity contribution in [1.82, 2.24) is 0 Å². The van der Waals surface area contributed by atoms with E-state index in [1.807, 2.05) is 12.1 Å². The Labute approximate surface area is 96.6 Å². The van der Waals surface area contributed by atoms with Crippen LogP contribution in [0.15, 0.2) is 18.2 Å². The van der Waals surface area contributed by atoms with E-state index in [1.54, 1.807) is 0 Å². The number of carbonyl (C=O) groups excluding carboxylic acids is 1. The minimum atomic E-state index is 0.223. The number of Topliss-reactive ketones (excluding diaryl/α,β-unsaturated/α-hetero) is 1. The molecule has 0 aromatic heterocycles. The predicted molar refractivity (Wildman–Crippen MR) is 64.1 cm³/mol. The van der Waals surface area contributed by atoms with Crippen molar-refractivity contribution >= 4 is 5.78 Å². The van der Waals surface area contributed by atoms with Crippen LogP contribution in [0.1, 0.15) is 48.5 Å². The highest BCUT2D eigenvalue weighted by Crippen LogP contribution is 2.29. The second-order valence-corrected chi connectivity index (χ2v) is 4.27. The molecule has 1 aromatic carbocycles. The van der Waals surface area contributed by atoms with Crippen molar-refractivity contribution in [3.8, 4) is 5.75 Å². The van der Waals surface area contributed by atoms with Crippen molar-refractivity contribution in [3.63, 3.8) is 0 Å². The predicted octanol–water partition coefficient (Wildman–Crippen LogP) is 3.38. The highest BCUT2D eigenvalue weighted by atomic mass is 16.5. The molecule has 0 N–H and O–H groups in total. The van der Waals surface area contributed by atoms with Gasteiger partial charge in [0.2, 0.25) is 0 Å². The number of fused-ring (bicyclic) bond motifs is 1. The third kappa shape index (κ3) is 2.26. The van der Waals surface area contributed by atoms with E-state index in [9.17, 15) is 4.79 Å². The summed E-state index contributed by atoms with van der Waals surface area (Å²) in [6.45, 7) is 2.84. The minimum absolute atomic E-state index is 0.223. The zero-order chi connectivity index (χ0) is 11.4. The summed E-state index contributed by atoms with van der Waals surface area (Å²) >= 11 is 0. The van der Waals surface area contributed by atoms with Crippen LogP contribution in [-0.2, 0) is 6.42 Å². The SMILES string of the molecule is CCCCC(=O)c1cccc2c1OCCC2. The van der Waals surface area contributed by atoms with Gasteiger partial charge in [0.25, 0.3) is 0 Å². The van der Waals surface area contributed by atoms with E-state index in [2.05, 4.69) is 13.0 Å². The maximum absolute atomic E-state index is 12.0. The van der Waals surface area contributed by atoms with Gasteiger partial charge in [0, 0.05) is 6.42 Å². The summed E-state index contributed by atoms with van der Waals surface area (Å²) in [7, 11) is 0. The third-order valence-corrected chi connectivity index (χ3v) is 2.99. The van der Waals surface area contributed by atoms with E-state index < -0.39 is 0 Å². The molecule has 0 saturated carbocycles. The molecule has 0 fully saturated rings. The lowest BCUT2D eigenvalue weighted by atomic mass is 9.98. The van der Waals surface area contributed by atoms with Crippen molar-refractivity contribution in [2.75, 3.05) is 6.61 Å². The summed E-state index contributed by atoms with van der Waals surface area (Å²) < 4.78 is 5.63. The second kappa shape index (κ2) is 5.15. The first-order valence-corrected chi connectivity index (χ1v) is 6.11. The quantitative estimate of drug-likeness (QED) is 0.724. The summed E-state index contributed by atoms with van der Waals surface area (Å²) in [6, 6.07) is 5.92. The first-order valence-electron chi connectivity index (χ1n) is 6.11. The Morgan fingerprint density at radius 3 is 3.12 bits per heavy atom. The van der Waals surface area contributed by atoms with E-state index in [0.29, 0.717) is 6.42 Å². The Hall–Kier alpha value is -1.31. The van der Waals surface area contributed by atoms with Gasteiger partial charge in [-0.15, -0.1) is 0 Å². The molecule has 2 rings (SSSR count). The van der Waals surface area contributed by atoms with Gasteiger partial charge in [-0.3, -0.25) is 4.79 Å². The van der Waals surface area contributed by atoms with Crippen LogP contribution < -0.4 is 4.74 Å². The fourth-order valence-electron chi connectivity index (χ4n) is 2.08. The lowest BCUT2D eigenvalue weighted by Gasteiger charge is -2.19. The lowest BCUT2D eigenvalue weighted by Crippen LogP contribution is -2.12. The van der Waals surface area contributed by atoms with Crippen LogP contribution in [-0.4, -0.2) is 12.4 Å². The number of ether oxygens (including phenoxy) is 1. The molecule has 1 aromatic rings. The molecular weight excluding hydrogens is 200 g/mol. The van der Waals surface area contributed by atoms with E-state index >= 15 is 0 Å². The molecule has 1 heterocycles. The highest BCUT2D eigenvalue weighted by molar-refractivity contribution is 5.99. The zero-order valence-corrected chi connectivity index (χ0v) is 9.79. The first kappa shape index (κ1) is 11.2. The number of unbranched alkanes of at least 4 members (excludes halogenated alkanes) is 1. The Morgan fingerprint density at radius 1 is 1.44 bits per heavy atom. The average Bonchev–Trinajstić information content (AvgIpc) is 2.35. The second-order valence-electron chi connectivity index (χ2n) is 4.27. The van der Waals surface area contributed by atoms with Gasteiger partial charge >= 0.3 is 0 Å². The summed E-state index contributed by atoms with van der Waals surface area (Å²) in [6.07, 6.45) is 4.74. The molecule has 0 amide bonds. The van der Waals surface area contributed by atoms with Crippen LogP contribution in [0.25, 0.3) is 0 Å². The van der Waals surface area contributed by atoms with Gasteiger partial charge in [0.05, 0.1) is 12.2 Å². The maximum Gasteiger partial charge on any atom is 0.166 e. The zero-order valence-electron chi connectivity index (χ0n) is 9.79. The summed E-state index contributed by atoms with van der Waals surface area (Å²) in [4.78, 5) is 12.0. The van der Waals surface area contributed by atoms with Crippen LogP contribution in [0, 0.1) is 0 Å². The first-order chi connectivity index (χ1) is 7.83. The molecular formula is C14H18O2. The lowest BCUT2D eigenvalue weighted by molar-refractivity contribution is 0.0974. The smallest absolute Gasteiger partial charge is 0.166 e. The minimum Gasteiger partial charge on any atom is -0.493 e. The van der Waals surface area contributed by atoms with Crippen molar-refractivity contribution in [1.29, 1.82) is 0 Å². The summed E-state index contributed by atoms with van der Waals surface area (Å²) in [5.74, 6) is 1.07. The van der Waals surface area contributed by atoms with Gasteiger partial charge in [0.1, 0.15) is 5.75 Å². The van der Waals surface area contributed by atoms with Gasteiger partial charge < -0.3 is 4.74 Å². The van der Waals surface area contributed by atoms with Gasteiger partial charge in [-0.1, -0.05) is 25.5 Å². The number of carbonyl (C=O) groups is 1. The molecule has 0 spiro atoms. The molecule has 86 valence electrons. The number of ketones is 1. The van der Waals surface area contributed by atoms with Gasteiger partial charge in [-0.25, -0.2) is 0 Å². The molecule has 0 saturated heterocycles. The summed E-state index contributed by atoms with van der Waals surface area (Å²) in [5.41, 5.74) is 1.97. The van der Waals surface area contributed by atoms with Crippen molar-refractivity contribution in [2.24, 2.45) is 0 Å². The Kier molecular flexibility index (Phi) is 3.60. The molecule has 1 aliphatic rings. The molecule has 16 heavy (non-hydrogen) atoms. The number of aryl methyl sites for hydroxylation is 1. The number of hydrogen-bond donors (Lipinski definition) is 0. The van der Waals surface area contributed by atoms with Crippen molar-refractivity contribution in [3.05, 3.63) is 29.3 Å². The van der Waals surface area contributed by atoms with Crippen LogP contribution in [0.2, 0.25) is 0 Å². The fourth-order valence-corrected chi connectivity index (χ4v) is 2.08. The highest BCUT2D eigenvalue weighted by Gasteiger charge is 2.18. The van der Waals surface area contributed by atoms with Crippen molar-refractivity contribution < 1.29 is 9.53 Å². The van der Waals surface area contributed by atoms with Crippen LogP contribution in [0.3, 0.4) is 0 Å². The summed E-state index contributed by atoms with van der Waals surface area (Å²) in [5, 5.41) is 0. The third-order valence-electron chi connectivity index (χ3n) is 2.99. The van der Waals surface area contributed by atoms with Crippen LogP contribution >= 0.6 is 0 Å². The van der Waals surface area contributed by atoms with Crippen LogP contribution in [0.5, 0.6) is 5.75 Å².